The second-order valence-electron chi connectivity index (χ2n) is 3.96. The number of nitrogens with zero attached hydrogens (tertiary/aromatic N) is 1. The van der Waals surface area contributed by atoms with E-state index >= 15 is 0 Å². The molecule has 2 heterocycles. The lowest BCUT2D eigenvalue weighted by Crippen LogP contribution is -2.29. The summed E-state index contributed by atoms with van der Waals surface area (Å²) in [4.78, 5) is 29.6. The molecule has 6 nitrogen and oxygen atoms in total. The summed E-state index contributed by atoms with van der Waals surface area (Å²) >= 11 is 3.08. The number of hydrogen-bond acceptors (Lipinski definition) is 4. The zero-order valence-corrected chi connectivity index (χ0v) is 12.1. The van der Waals surface area contributed by atoms with Crippen LogP contribution in [0.5, 0.6) is 0 Å². The number of anilines is 1. The Bertz CT molecular complexity index is 642. The van der Waals surface area contributed by atoms with Crippen molar-refractivity contribution in [2.75, 3.05) is 18.4 Å². The minimum atomic E-state index is -0.265. The fourth-order valence-electron chi connectivity index (χ4n) is 1.52. The van der Waals surface area contributed by atoms with Gasteiger partial charge in [0.25, 0.3) is 11.5 Å². The monoisotopic (exact) mass is 336 g/mol. The third-order valence-electron chi connectivity index (χ3n) is 2.50. The summed E-state index contributed by atoms with van der Waals surface area (Å²) in [5.41, 5.74) is 0.132. The molecule has 0 aliphatic rings. The van der Waals surface area contributed by atoms with E-state index in [0.29, 0.717) is 23.1 Å². The molecule has 2 aromatic heterocycles. The first-order valence-corrected chi connectivity index (χ1v) is 6.77. The maximum atomic E-state index is 11.8. The molecule has 1 amide bonds. The average Bonchev–Trinajstić information content (AvgIpc) is 2.47. The van der Waals surface area contributed by atoms with Crippen LogP contribution in [-0.2, 0) is 0 Å². The minimum Gasteiger partial charge on any atom is -0.368 e. The SMILES string of the molecule is O=C(NCCNc1ccccn1)c1c[nH]c(=O)c(Br)c1. The third-order valence-corrected chi connectivity index (χ3v) is 3.09. The van der Waals surface area contributed by atoms with Gasteiger partial charge in [0.1, 0.15) is 5.82 Å². The van der Waals surface area contributed by atoms with E-state index in [4.69, 9.17) is 0 Å². The Balaban J connectivity index is 1.80. The Morgan fingerprint density at radius 1 is 1.35 bits per heavy atom. The second kappa shape index (κ2) is 6.85. The minimum absolute atomic E-state index is 0.246. The number of rotatable bonds is 5. The van der Waals surface area contributed by atoms with Gasteiger partial charge in [-0.3, -0.25) is 9.59 Å². The maximum Gasteiger partial charge on any atom is 0.262 e. The van der Waals surface area contributed by atoms with Gasteiger partial charge >= 0.3 is 0 Å². The van der Waals surface area contributed by atoms with E-state index < -0.39 is 0 Å². The number of hydrogen-bond donors (Lipinski definition) is 3. The number of halogens is 1. The summed E-state index contributed by atoms with van der Waals surface area (Å²) in [7, 11) is 0. The molecule has 0 spiro atoms. The quantitative estimate of drug-likeness (QED) is 0.720. The number of nitrogens with one attached hydrogen (secondary N) is 3. The first kappa shape index (κ1) is 14.3. The molecule has 0 aliphatic heterocycles. The first-order valence-electron chi connectivity index (χ1n) is 5.98. The van der Waals surface area contributed by atoms with E-state index in [9.17, 15) is 9.59 Å². The van der Waals surface area contributed by atoms with E-state index in [0.717, 1.165) is 5.82 Å². The largest absolute Gasteiger partial charge is 0.368 e. The Morgan fingerprint density at radius 2 is 2.20 bits per heavy atom. The number of carbonyl (C=O) groups excluding carboxylic acids is 1. The summed E-state index contributed by atoms with van der Waals surface area (Å²) in [5.74, 6) is 0.512. The van der Waals surface area contributed by atoms with Crippen LogP contribution < -0.4 is 16.2 Å². The Morgan fingerprint density at radius 3 is 2.90 bits per heavy atom. The predicted molar refractivity (Wildman–Crippen MR) is 79.8 cm³/mol. The van der Waals surface area contributed by atoms with Gasteiger partial charge in [0.05, 0.1) is 10.0 Å². The molecule has 0 saturated carbocycles. The average molecular weight is 337 g/mol. The predicted octanol–water partition coefficient (Wildman–Crippen LogP) is 1.37. The normalized spacial score (nSPS) is 10.1. The topological polar surface area (TPSA) is 86.9 Å². The molecule has 3 N–H and O–H groups in total. The third kappa shape index (κ3) is 3.92. The highest BCUT2D eigenvalue weighted by Gasteiger charge is 2.06. The first-order chi connectivity index (χ1) is 9.66. The zero-order valence-electron chi connectivity index (χ0n) is 10.5. The summed E-state index contributed by atoms with van der Waals surface area (Å²) in [6, 6.07) is 7.05. The lowest BCUT2D eigenvalue weighted by molar-refractivity contribution is 0.0954. The Labute approximate surface area is 123 Å². The van der Waals surface area contributed by atoms with Gasteiger partial charge in [-0.05, 0) is 34.1 Å². The molecule has 2 rings (SSSR count). The van der Waals surface area contributed by atoms with E-state index in [1.807, 2.05) is 18.2 Å². The molecule has 0 bridgehead atoms. The van der Waals surface area contributed by atoms with Gasteiger partial charge in [-0.15, -0.1) is 0 Å². The molecule has 7 heteroatoms. The van der Waals surface area contributed by atoms with Crippen molar-refractivity contribution in [2.24, 2.45) is 0 Å². The van der Waals surface area contributed by atoms with E-state index in [2.05, 4.69) is 36.5 Å². The number of amides is 1. The van der Waals surface area contributed by atoms with Crippen LogP contribution >= 0.6 is 15.9 Å². The molecule has 0 atom stereocenters. The summed E-state index contributed by atoms with van der Waals surface area (Å²) < 4.78 is 0.330. The van der Waals surface area contributed by atoms with E-state index in [-0.39, 0.29) is 11.5 Å². The fourth-order valence-corrected chi connectivity index (χ4v) is 1.88. The Hall–Kier alpha value is -2.15. The number of aromatic amines is 1. The van der Waals surface area contributed by atoms with Gasteiger partial charge in [0, 0.05) is 25.5 Å². The highest BCUT2D eigenvalue weighted by atomic mass is 79.9. The van der Waals surface area contributed by atoms with Crippen LogP contribution in [0.25, 0.3) is 0 Å². The van der Waals surface area contributed by atoms with Crippen LogP contribution in [0, 0.1) is 0 Å². The van der Waals surface area contributed by atoms with Gasteiger partial charge in [0.2, 0.25) is 0 Å². The summed E-state index contributed by atoms with van der Waals surface area (Å²) in [6.45, 7) is 1.01. The number of pyridine rings is 2. The molecule has 20 heavy (non-hydrogen) atoms. The second-order valence-corrected chi connectivity index (χ2v) is 4.82. The van der Waals surface area contributed by atoms with Crippen molar-refractivity contribution in [3.05, 3.63) is 57.0 Å². The standard InChI is InChI=1S/C13H13BrN4O2/c14-10-7-9(8-18-13(10)20)12(19)17-6-5-16-11-3-1-2-4-15-11/h1-4,7-8H,5-6H2,(H,15,16)(H,17,19)(H,18,20). The van der Waals surface area contributed by atoms with E-state index in [1.165, 1.54) is 12.3 Å². The molecule has 0 saturated heterocycles. The van der Waals surface area contributed by atoms with Crippen LogP contribution in [0.3, 0.4) is 0 Å². The molecular formula is C13H13BrN4O2. The molecular weight excluding hydrogens is 324 g/mol. The van der Waals surface area contributed by atoms with Crippen LogP contribution in [0.15, 0.2) is 45.9 Å². The molecule has 0 fully saturated rings. The van der Waals surface area contributed by atoms with Crippen LogP contribution in [0.2, 0.25) is 0 Å². The van der Waals surface area contributed by atoms with Crippen molar-refractivity contribution in [3.8, 4) is 0 Å². The van der Waals surface area contributed by atoms with Crippen LogP contribution in [0.4, 0.5) is 5.82 Å². The lowest BCUT2D eigenvalue weighted by atomic mass is 10.2. The van der Waals surface area contributed by atoms with Crippen molar-refractivity contribution in [3.63, 3.8) is 0 Å². The Kier molecular flexibility index (Phi) is 4.89. The molecule has 0 aliphatic carbocycles. The maximum absolute atomic E-state index is 11.8. The molecule has 0 unspecified atom stereocenters. The highest BCUT2D eigenvalue weighted by Crippen LogP contribution is 2.04. The fraction of sp³-hybridized carbons (Fsp3) is 0.154. The number of carbonyl (C=O) groups is 1. The van der Waals surface area contributed by atoms with Gasteiger partial charge in [-0.25, -0.2) is 4.98 Å². The van der Waals surface area contributed by atoms with E-state index in [1.54, 1.807) is 6.20 Å². The summed E-state index contributed by atoms with van der Waals surface area (Å²) in [6.07, 6.45) is 3.08. The van der Waals surface area contributed by atoms with Crippen molar-refractivity contribution < 1.29 is 4.79 Å². The lowest BCUT2D eigenvalue weighted by Gasteiger charge is -2.07. The van der Waals surface area contributed by atoms with Crippen LogP contribution in [0.1, 0.15) is 10.4 Å². The molecule has 0 aromatic carbocycles. The molecule has 2 aromatic rings. The number of H-pyrrole nitrogens is 1. The van der Waals surface area contributed by atoms with Crippen molar-refractivity contribution in [2.45, 2.75) is 0 Å². The van der Waals surface area contributed by atoms with Crippen molar-refractivity contribution in [1.29, 1.82) is 0 Å². The smallest absolute Gasteiger partial charge is 0.262 e. The van der Waals surface area contributed by atoms with Gasteiger partial charge < -0.3 is 15.6 Å². The molecule has 0 radical (unpaired) electrons. The van der Waals surface area contributed by atoms with Gasteiger partial charge in [0.15, 0.2) is 0 Å². The van der Waals surface area contributed by atoms with Gasteiger partial charge in [-0.2, -0.15) is 0 Å². The molecule has 104 valence electrons. The highest BCUT2D eigenvalue weighted by molar-refractivity contribution is 9.10. The van der Waals surface area contributed by atoms with Crippen molar-refractivity contribution >= 4 is 27.7 Å². The van der Waals surface area contributed by atoms with Gasteiger partial charge in [-0.1, -0.05) is 6.07 Å². The number of aromatic nitrogens is 2. The summed E-state index contributed by atoms with van der Waals surface area (Å²) in [5, 5.41) is 5.82. The van der Waals surface area contributed by atoms with Crippen LogP contribution in [-0.4, -0.2) is 29.0 Å². The zero-order chi connectivity index (χ0) is 14.4. The van der Waals surface area contributed by atoms with Crippen molar-refractivity contribution in [1.82, 2.24) is 15.3 Å².